The third-order valence-corrected chi connectivity index (χ3v) is 5.81. The second-order valence-electron chi connectivity index (χ2n) is 8.09. The van der Waals surface area contributed by atoms with E-state index in [1.165, 1.54) is 5.56 Å². The lowest BCUT2D eigenvalue weighted by atomic mass is 10.1. The molecule has 2 heterocycles. The highest BCUT2D eigenvalue weighted by molar-refractivity contribution is 5.99. The molecule has 2 aromatic carbocycles. The van der Waals surface area contributed by atoms with Crippen molar-refractivity contribution in [3.8, 4) is 0 Å². The SMILES string of the molecule is Cc1c(C(=O)NCc2cccc(CN3CCN(C)CC3)c2)oc2c(C)cccc12. The number of amides is 1. The van der Waals surface area contributed by atoms with E-state index in [0.717, 1.165) is 60.4 Å². The minimum absolute atomic E-state index is 0.164. The summed E-state index contributed by atoms with van der Waals surface area (Å²) in [4.78, 5) is 17.6. The molecule has 5 nitrogen and oxygen atoms in total. The van der Waals surface area contributed by atoms with Gasteiger partial charge >= 0.3 is 0 Å². The molecular weight excluding hydrogens is 362 g/mol. The first kappa shape index (κ1) is 19.7. The Labute approximate surface area is 172 Å². The van der Waals surface area contributed by atoms with Gasteiger partial charge < -0.3 is 14.6 Å². The lowest BCUT2D eigenvalue weighted by Gasteiger charge is -2.32. The van der Waals surface area contributed by atoms with Crippen molar-refractivity contribution in [1.29, 1.82) is 0 Å². The van der Waals surface area contributed by atoms with Crippen molar-refractivity contribution in [2.24, 2.45) is 0 Å². The van der Waals surface area contributed by atoms with E-state index in [-0.39, 0.29) is 5.91 Å². The van der Waals surface area contributed by atoms with E-state index in [2.05, 4.69) is 46.4 Å². The van der Waals surface area contributed by atoms with E-state index in [1.807, 2.05) is 32.0 Å². The predicted molar refractivity (Wildman–Crippen MR) is 116 cm³/mol. The molecule has 1 aliphatic heterocycles. The second kappa shape index (κ2) is 8.39. The third-order valence-electron chi connectivity index (χ3n) is 5.81. The molecule has 0 unspecified atom stereocenters. The number of nitrogens with zero attached hydrogens (tertiary/aromatic N) is 2. The highest BCUT2D eigenvalue weighted by Gasteiger charge is 2.18. The Morgan fingerprint density at radius 2 is 1.76 bits per heavy atom. The molecule has 1 amide bonds. The van der Waals surface area contributed by atoms with E-state index in [4.69, 9.17) is 4.42 Å². The fourth-order valence-corrected chi connectivity index (χ4v) is 3.97. The number of furan rings is 1. The van der Waals surface area contributed by atoms with Gasteiger partial charge in [0.15, 0.2) is 5.76 Å². The number of carbonyl (C=O) groups is 1. The Bertz CT molecular complexity index is 1020. The van der Waals surface area contributed by atoms with Crippen LogP contribution < -0.4 is 5.32 Å². The van der Waals surface area contributed by atoms with Crippen molar-refractivity contribution in [3.05, 3.63) is 70.5 Å². The van der Waals surface area contributed by atoms with Gasteiger partial charge in [-0.3, -0.25) is 9.69 Å². The summed E-state index contributed by atoms with van der Waals surface area (Å²) in [5, 5.41) is 4.02. The van der Waals surface area contributed by atoms with E-state index < -0.39 is 0 Å². The van der Waals surface area contributed by atoms with Gasteiger partial charge in [-0.05, 0) is 37.6 Å². The first-order valence-electron chi connectivity index (χ1n) is 10.3. The monoisotopic (exact) mass is 391 g/mol. The molecule has 1 fully saturated rings. The Morgan fingerprint density at radius 1 is 1.03 bits per heavy atom. The number of carbonyl (C=O) groups excluding carboxylic acids is 1. The molecule has 29 heavy (non-hydrogen) atoms. The van der Waals surface area contributed by atoms with Crippen molar-refractivity contribution in [1.82, 2.24) is 15.1 Å². The van der Waals surface area contributed by atoms with Crippen LogP contribution in [0.4, 0.5) is 0 Å². The number of likely N-dealkylation sites (N-methyl/N-ethyl adjacent to an activating group) is 1. The molecule has 0 aliphatic carbocycles. The average Bonchev–Trinajstić information content (AvgIpc) is 3.06. The van der Waals surface area contributed by atoms with Crippen LogP contribution in [-0.2, 0) is 13.1 Å². The van der Waals surface area contributed by atoms with Gasteiger partial charge in [-0.25, -0.2) is 0 Å². The number of rotatable bonds is 5. The van der Waals surface area contributed by atoms with Crippen molar-refractivity contribution in [2.75, 3.05) is 33.2 Å². The largest absolute Gasteiger partial charge is 0.450 e. The quantitative estimate of drug-likeness (QED) is 0.720. The number of aryl methyl sites for hydroxylation is 2. The summed E-state index contributed by atoms with van der Waals surface area (Å²) in [5.41, 5.74) is 5.13. The van der Waals surface area contributed by atoms with Crippen LogP contribution in [0.1, 0.15) is 32.8 Å². The Kier molecular flexibility index (Phi) is 5.69. The van der Waals surface area contributed by atoms with E-state index in [1.54, 1.807) is 0 Å². The van der Waals surface area contributed by atoms with Gasteiger partial charge in [0, 0.05) is 50.2 Å². The maximum absolute atomic E-state index is 12.7. The molecule has 1 aliphatic rings. The van der Waals surface area contributed by atoms with E-state index >= 15 is 0 Å². The summed E-state index contributed by atoms with van der Waals surface area (Å²) in [5.74, 6) is 0.241. The van der Waals surface area contributed by atoms with Crippen LogP contribution in [-0.4, -0.2) is 48.9 Å². The average molecular weight is 392 g/mol. The Hall–Kier alpha value is -2.63. The zero-order valence-corrected chi connectivity index (χ0v) is 17.5. The summed E-state index contributed by atoms with van der Waals surface area (Å²) in [6.07, 6.45) is 0. The summed E-state index contributed by atoms with van der Waals surface area (Å²) in [6, 6.07) is 14.5. The molecule has 0 bridgehead atoms. The summed E-state index contributed by atoms with van der Waals surface area (Å²) < 4.78 is 5.89. The van der Waals surface area contributed by atoms with Gasteiger partial charge in [0.2, 0.25) is 0 Å². The van der Waals surface area contributed by atoms with Gasteiger partial charge in [0.25, 0.3) is 5.91 Å². The molecule has 1 saturated heterocycles. The zero-order valence-electron chi connectivity index (χ0n) is 17.5. The lowest BCUT2D eigenvalue weighted by molar-refractivity contribution is 0.0924. The summed E-state index contributed by atoms with van der Waals surface area (Å²) >= 11 is 0. The smallest absolute Gasteiger partial charge is 0.287 e. The molecule has 152 valence electrons. The van der Waals surface area contributed by atoms with Gasteiger partial charge in [-0.2, -0.15) is 0 Å². The topological polar surface area (TPSA) is 48.7 Å². The highest BCUT2D eigenvalue weighted by Crippen LogP contribution is 2.27. The molecule has 0 atom stereocenters. The number of piperazine rings is 1. The first-order valence-corrected chi connectivity index (χ1v) is 10.3. The molecule has 1 N–H and O–H groups in total. The minimum Gasteiger partial charge on any atom is -0.450 e. The van der Waals surface area contributed by atoms with Crippen LogP contribution in [0.15, 0.2) is 46.9 Å². The lowest BCUT2D eigenvalue weighted by Crippen LogP contribution is -2.43. The fourth-order valence-electron chi connectivity index (χ4n) is 3.97. The standard InChI is InChI=1S/C24H29N3O2/c1-17-6-4-9-21-18(2)23(29-22(17)21)24(28)25-15-19-7-5-8-20(14-19)16-27-12-10-26(3)11-13-27/h4-9,14H,10-13,15-16H2,1-3H3,(H,25,28). The second-order valence-corrected chi connectivity index (χ2v) is 8.09. The van der Waals surface area contributed by atoms with Crippen molar-refractivity contribution < 1.29 is 9.21 Å². The zero-order chi connectivity index (χ0) is 20.4. The molecule has 3 aromatic rings. The van der Waals surface area contributed by atoms with Gasteiger partial charge in [0.1, 0.15) is 5.58 Å². The molecular formula is C24H29N3O2. The van der Waals surface area contributed by atoms with Crippen LogP contribution in [0.5, 0.6) is 0 Å². The number of para-hydroxylation sites is 1. The number of hydrogen-bond acceptors (Lipinski definition) is 4. The first-order chi connectivity index (χ1) is 14.0. The number of hydrogen-bond donors (Lipinski definition) is 1. The molecule has 4 rings (SSSR count). The normalized spacial score (nSPS) is 15.7. The maximum Gasteiger partial charge on any atom is 0.287 e. The third kappa shape index (κ3) is 4.36. The van der Waals surface area contributed by atoms with Gasteiger partial charge in [-0.15, -0.1) is 0 Å². The summed E-state index contributed by atoms with van der Waals surface area (Å²) in [7, 11) is 2.17. The number of benzene rings is 2. The van der Waals surface area contributed by atoms with Gasteiger partial charge in [-0.1, -0.05) is 42.5 Å². The fraction of sp³-hybridized carbons (Fsp3) is 0.375. The minimum atomic E-state index is -0.164. The molecule has 0 saturated carbocycles. The predicted octanol–water partition coefficient (Wildman–Crippen LogP) is 3.73. The van der Waals surface area contributed by atoms with Crippen LogP contribution >= 0.6 is 0 Å². The van der Waals surface area contributed by atoms with Crippen molar-refractivity contribution in [2.45, 2.75) is 26.9 Å². The highest BCUT2D eigenvalue weighted by atomic mass is 16.3. The Morgan fingerprint density at radius 3 is 2.52 bits per heavy atom. The summed E-state index contributed by atoms with van der Waals surface area (Å²) in [6.45, 7) is 9.82. The molecule has 0 spiro atoms. The Balaban J connectivity index is 1.41. The number of nitrogens with one attached hydrogen (secondary N) is 1. The van der Waals surface area contributed by atoms with Gasteiger partial charge in [0.05, 0.1) is 0 Å². The van der Waals surface area contributed by atoms with Crippen LogP contribution in [0.3, 0.4) is 0 Å². The van der Waals surface area contributed by atoms with Crippen LogP contribution in [0.2, 0.25) is 0 Å². The number of fused-ring (bicyclic) bond motifs is 1. The van der Waals surface area contributed by atoms with Crippen LogP contribution in [0, 0.1) is 13.8 Å². The van der Waals surface area contributed by atoms with Crippen molar-refractivity contribution >= 4 is 16.9 Å². The molecule has 0 radical (unpaired) electrons. The molecule has 1 aromatic heterocycles. The molecule has 5 heteroatoms. The van der Waals surface area contributed by atoms with E-state index in [9.17, 15) is 4.79 Å². The maximum atomic E-state index is 12.7. The van der Waals surface area contributed by atoms with Crippen LogP contribution in [0.25, 0.3) is 11.0 Å². The van der Waals surface area contributed by atoms with E-state index in [0.29, 0.717) is 12.3 Å². The van der Waals surface area contributed by atoms with Crippen molar-refractivity contribution in [3.63, 3.8) is 0 Å².